The number of fused-ring (bicyclic) bond motifs is 1. The maximum absolute atomic E-state index is 13.7. The number of carboxylic acid groups (broad SMARTS) is 1. The molecule has 0 amide bonds. The summed E-state index contributed by atoms with van der Waals surface area (Å²) in [6.45, 7) is 1.91. The summed E-state index contributed by atoms with van der Waals surface area (Å²) in [6, 6.07) is 6.75. The molecule has 1 heterocycles. The summed E-state index contributed by atoms with van der Waals surface area (Å²) in [5.41, 5.74) is 1.38. The van der Waals surface area contributed by atoms with Crippen LogP contribution in [0.5, 0.6) is 0 Å². The fourth-order valence-electron chi connectivity index (χ4n) is 4.97. The van der Waals surface area contributed by atoms with E-state index in [1.165, 1.54) is 6.07 Å². The van der Waals surface area contributed by atoms with Gasteiger partial charge in [0.15, 0.2) is 0 Å². The normalized spacial score (nSPS) is 32.7. The highest BCUT2D eigenvalue weighted by Crippen LogP contribution is 2.65. The molecule has 2 aromatic rings. The minimum absolute atomic E-state index is 0.0383. The Hall–Kier alpha value is -1.97. The standard InChI is InChI=1S/C20H22FNO2/c1-19(18(23)24)9-10-20(19)7-4-13(5-8-20)15-6-11-22-17-3-2-14(21)12-16(15)17/h2-3,6,11-13H,4-5,7-10H2,1H3,(H,23,24)/t13?,19-,20?/m1/s1. The summed E-state index contributed by atoms with van der Waals surface area (Å²) in [6.07, 6.45) is 7.44. The van der Waals surface area contributed by atoms with Crippen molar-refractivity contribution in [2.45, 2.75) is 51.4 Å². The van der Waals surface area contributed by atoms with Crippen LogP contribution in [0.4, 0.5) is 4.39 Å². The molecule has 0 bridgehead atoms. The molecule has 4 rings (SSSR count). The molecule has 2 fully saturated rings. The number of carboxylic acids is 1. The Labute approximate surface area is 140 Å². The van der Waals surface area contributed by atoms with Crippen molar-refractivity contribution in [1.29, 1.82) is 0 Å². The Morgan fingerprint density at radius 2 is 1.96 bits per heavy atom. The van der Waals surface area contributed by atoms with E-state index in [2.05, 4.69) is 4.98 Å². The van der Waals surface area contributed by atoms with E-state index in [1.54, 1.807) is 18.3 Å². The number of pyridine rings is 1. The number of aromatic nitrogens is 1. The van der Waals surface area contributed by atoms with Crippen LogP contribution in [0.2, 0.25) is 0 Å². The first-order valence-electron chi connectivity index (χ1n) is 8.73. The lowest BCUT2D eigenvalue weighted by Gasteiger charge is -2.58. The molecule has 2 aliphatic rings. The summed E-state index contributed by atoms with van der Waals surface area (Å²) in [7, 11) is 0. The monoisotopic (exact) mass is 327 g/mol. The molecule has 4 heteroatoms. The highest BCUT2D eigenvalue weighted by Gasteiger charge is 2.60. The maximum Gasteiger partial charge on any atom is 0.309 e. The summed E-state index contributed by atoms with van der Waals surface area (Å²) >= 11 is 0. The first-order valence-corrected chi connectivity index (χ1v) is 8.73. The van der Waals surface area contributed by atoms with Gasteiger partial charge in [-0.1, -0.05) is 0 Å². The van der Waals surface area contributed by atoms with Gasteiger partial charge in [0, 0.05) is 11.6 Å². The summed E-state index contributed by atoms with van der Waals surface area (Å²) in [4.78, 5) is 16.0. The number of hydrogen-bond donors (Lipinski definition) is 1. The van der Waals surface area contributed by atoms with E-state index in [0.29, 0.717) is 5.92 Å². The van der Waals surface area contributed by atoms with Gasteiger partial charge in [0.25, 0.3) is 0 Å². The number of aliphatic carboxylic acids is 1. The number of hydrogen-bond acceptors (Lipinski definition) is 2. The molecule has 0 radical (unpaired) electrons. The number of carbonyl (C=O) groups is 1. The van der Waals surface area contributed by atoms with Crippen molar-refractivity contribution < 1.29 is 14.3 Å². The SMILES string of the molecule is C[C@]1(C(=O)O)CCC12CCC(c1ccnc3ccc(F)cc13)CC2. The van der Waals surface area contributed by atoms with Crippen molar-refractivity contribution in [3.05, 3.63) is 41.8 Å². The molecule has 1 atom stereocenters. The van der Waals surface area contributed by atoms with Gasteiger partial charge in [-0.15, -0.1) is 0 Å². The zero-order chi connectivity index (χ0) is 16.9. The van der Waals surface area contributed by atoms with E-state index >= 15 is 0 Å². The van der Waals surface area contributed by atoms with Crippen molar-refractivity contribution in [2.75, 3.05) is 0 Å². The van der Waals surface area contributed by atoms with Crippen molar-refractivity contribution in [3.63, 3.8) is 0 Å². The van der Waals surface area contributed by atoms with Gasteiger partial charge in [-0.2, -0.15) is 0 Å². The lowest BCUT2D eigenvalue weighted by Crippen LogP contribution is -2.55. The second-order valence-electron chi connectivity index (χ2n) is 7.75. The third kappa shape index (κ3) is 2.08. The molecule has 3 nitrogen and oxygen atoms in total. The fourth-order valence-corrected chi connectivity index (χ4v) is 4.97. The van der Waals surface area contributed by atoms with Gasteiger partial charge in [0.05, 0.1) is 10.9 Å². The topological polar surface area (TPSA) is 50.2 Å². The van der Waals surface area contributed by atoms with E-state index in [9.17, 15) is 14.3 Å². The minimum Gasteiger partial charge on any atom is -0.481 e. The van der Waals surface area contributed by atoms with Crippen LogP contribution in [0.1, 0.15) is 56.9 Å². The highest BCUT2D eigenvalue weighted by molar-refractivity contribution is 5.82. The summed E-state index contributed by atoms with van der Waals surface area (Å²) < 4.78 is 13.7. The van der Waals surface area contributed by atoms with Crippen molar-refractivity contribution in [2.24, 2.45) is 10.8 Å². The van der Waals surface area contributed by atoms with E-state index in [0.717, 1.165) is 55.0 Å². The second kappa shape index (κ2) is 5.27. The number of halogens is 1. The Kier molecular flexibility index (Phi) is 3.41. The van der Waals surface area contributed by atoms with Crippen molar-refractivity contribution in [1.82, 2.24) is 4.98 Å². The van der Waals surface area contributed by atoms with E-state index in [-0.39, 0.29) is 11.2 Å². The molecule has 126 valence electrons. The van der Waals surface area contributed by atoms with Crippen LogP contribution in [-0.2, 0) is 4.79 Å². The summed E-state index contributed by atoms with van der Waals surface area (Å²) in [5, 5.41) is 10.5. The minimum atomic E-state index is -0.649. The Morgan fingerprint density at radius 3 is 2.58 bits per heavy atom. The highest BCUT2D eigenvalue weighted by atomic mass is 19.1. The average Bonchev–Trinajstić information content (AvgIpc) is 2.59. The Balaban J connectivity index is 1.61. The van der Waals surface area contributed by atoms with E-state index in [4.69, 9.17) is 0 Å². The number of nitrogens with zero attached hydrogens (tertiary/aromatic N) is 1. The third-order valence-corrected chi connectivity index (χ3v) is 6.87. The van der Waals surface area contributed by atoms with Crippen LogP contribution in [0.15, 0.2) is 30.5 Å². The molecule has 24 heavy (non-hydrogen) atoms. The third-order valence-electron chi connectivity index (χ3n) is 6.87. The molecular weight excluding hydrogens is 305 g/mol. The average molecular weight is 327 g/mol. The van der Waals surface area contributed by atoms with Crippen LogP contribution in [0, 0.1) is 16.6 Å². The lowest BCUT2D eigenvalue weighted by molar-refractivity contribution is -0.177. The molecule has 1 aromatic carbocycles. The van der Waals surface area contributed by atoms with Crippen molar-refractivity contribution >= 4 is 16.9 Å². The van der Waals surface area contributed by atoms with Gasteiger partial charge >= 0.3 is 5.97 Å². The molecular formula is C20H22FNO2. The second-order valence-corrected chi connectivity index (χ2v) is 7.75. The first kappa shape index (κ1) is 15.6. The fraction of sp³-hybridized carbons (Fsp3) is 0.500. The maximum atomic E-state index is 13.7. The Bertz CT molecular complexity index is 810. The molecule has 0 unspecified atom stereocenters. The smallest absolute Gasteiger partial charge is 0.309 e. The predicted octanol–water partition coefficient (Wildman–Crippen LogP) is 4.90. The van der Waals surface area contributed by atoms with Gasteiger partial charge in [0.2, 0.25) is 0 Å². The van der Waals surface area contributed by atoms with Gasteiger partial charge in [-0.25, -0.2) is 4.39 Å². The first-order chi connectivity index (χ1) is 11.5. The van der Waals surface area contributed by atoms with Crippen LogP contribution in [-0.4, -0.2) is 16.1 Å². The van der Waals surface area contributed by atoms with E-state index in [1.807, 2.05) is 13.0 Å². The van der Waals surface area contributed by atoms with Crippen molar-refractivity contribution in [3.8, 4) is 0 Å². The molecule has 0 aliphatic heterocycles. The molecule has 2 saturated carbocycles. The molecule has 1 spiro atoms. The number of benzene rings is 1. The molecule has 1 N–H and O–H groups in total. The Morgan fingerprint density at radius 1 is 1.21 bits per heavy atom. The quantitative estimate of drug-likeness (QED) is 0.853. The zero-order valence-corrected chi connectivity index (χ0v) is 13.9. The largest absolute Gasteiger partial charge is 0.481 e. The molecule has 2 aliphatic carbocycles. The van der Waals surface area contributed by atoms with Gasteiger partial charge < -0.3 is 5.11 Å². The van der Waals surface area contributed by atoms with Gasteiger partial charge in [-0.3, -0.25) is 9.78 Å². The van der Waals surface area contributed by atoms with E-state index < -0.39 is 11.4 Å². The molecule has 1 aromatic heterocycles. The summed E-state index contributed by atoms with van der Waals surface area (Å²) in [5.74, 6) is -0.522. The van der Waals surface area contributed by atoms with Gasteiger partial charge in [-0.05, 0) is 86.6 Å². The predicted molar refractivity (Wildman–Crippen MR) is 90.3 cm³/mol. The van der Waals surface area contributed by atoms with Crippen LogP contribution < -0.4 is 0 Å². The molecule has 0 saturated heterocycles. The number of rotatable bonds is 2. The zero-order valence-electron chi connectivity index (χ0n) is 13.9. The van der Waals surface area contributed by atoms with Gasteiger partial charge in [0.1, 0.15) is 5.82 Å². The lowest BCUT2D eigenvalue weighted by atomic mass is 9.45. The van der Waals surface area contributed by atoms with Crippen LogP contribution in [0.25, 0.3) is 10.9 Å². The van der Waals surface area contributed by atoms with Crippen LogP contribution >= 0.6 is 0 Å². The van der Waals surface area contributed by atoms with Crippen LogP contribution in [0.3, 0.4) is 0 Å².